The lowest BCUT2D eigenvalue weighted by Crippen LogP contribution is -2.25. The summed E-state index contributed by atoms with van der Waals surface area (Å²) in [6.07, 6.45) is 5.19. The van der Waals surface area contributed by atoms with Crippen LogP contribution in [0.4, 0.5) is 5.69 Å². The van der Waals surface area contributed by atoms with Gasteiger partial charge in [0.1, 0.15) is 0 Å². The summed E-state index contributed by atoms with van der Waals surface area (Å²) in [4.78, 5) is 0. The molecule has 0 spiro atoms. The molecule has 0 radical (unpaired) electrons. The van der Waals surface area contributed by atoms with Crippen LogP contribution in [0.2, 0.25) is 0 Å². The van der Waals surface area contributed by atoms with E-state index in [0.717, 1.165) is 36.9 Å². The highest BCUT2D eigenvalue weighted by Gasteiger charge is 2.28. The molecule has 6 heteroatoms. The normalized spacial score (nSPS) is 16.4. The Kier molecular flexibility index (Phi) is 3.48. The summed E-state index contributed by atoms with van der Waals surface area (Å²) >= 11 is 0. The fourth-order valence-electron chi connectivity index (χ4n) is 2.61. The van der Waals surface area contributed by atoms with E-state index >= 15 is 0 Å². The van der Waals surface area contributed by atoms with Crippen LogP contribution in [0, 0.1) is 0 Å². The number of sulfonamides is 1. The number of H-pyrrole nitrogens is 1. The van der Waals surface area contributed by atoms with Crippen molar-refractivity contribution >= 4 is 15.7 Å². The molecular weight excluding hydrogens is 274 g/mol. The Hall–Kier alpha value is -1.82. The summed E-state index contributed by atoms with van der Waals surface area (Å²) in [6.45, 7) is 0. The second kappa shape index (κ2) is 5.28. The molecule has 1 aliphatic carbocycles. The van der Waals surface area contributed by atoms with Crippen LogP contribution in [0.15, 0.2) is 36.5 Å². The molecule has 1 aliphatic rings. The van der Waals surface area contributed by atoms with Crippen molar-refractivity contribution in [2.75, 3.05) is 4.72 Å². The predicted molar refractivity (Wildman–Crippen MR) is 78.8 cm³/mol. The number of hydrogen-bond donors (Lipinski definition) is 2. The van der Waals surface area contributed by atoms with Crippen molar-refractivity contribution in [1.82, 2.24) is 10.2 Å². The van der Waals surface area contributed by atoms with Gasteiger partial charge in [0.05, 0.1) is 10.9 Å². The third-order valence-corrected chi connectivity index (χ3v) is 5.54. The largest absolute Gasteiger partial charge is 0.283 e. The summed E-state index contributed by atoms with van der Waals surface area (Å²) < 4.78 is 27.2. The number of nitrogens with one attached hydrogen (secondary N) is 2. The molecule has 0 saturated heterocycles. The van der Waals surface area contributed by atoms with Gasteiger partial charge in [-0.25, -0.2) is 8.42 Å². The van der Waals surface area contributed by atoms with Gasteiger partial charge in [0.25, 0.3) is 0 Å². The van der Waals surface area contributed by atoms with Gasteiger partial charge in [-0.3, -0.25) is 9.82 Å². The maximum Gasteiger partial charge on any atom is 0.235 e. The Balaban J connectivity index is 1.83. The maximum absolute atomic E-state index is 12.3. The second-order valence-electron chi connectivity index (χ2n) is 5.10. The molecule has 2 aromatic rings. The maximum atomic E-state index is 12.3. The molecule has 5 nitrogen and oxygen atoms in total. The van der Waals surface area contributed by atoms with Crippen LogP contribution in [0.25, 0.3) is 11.3 Å². The van der Waals surface area contributed by atoms with E-state index in [1.807, 2.05) is 24.3 Å². The minimum atomic E-state index is -3.27. The number of anilines is 1. The van der Waals surface area contributed by atoms with E-state index < -0.39 is 10.0 Å². The Morgan fingerprint density at radius 3 is 2.70 bits per heavy atom. The lowest BCUT2D eigenvalue weighted by Gasteiger charge is -2.13. The molecule has 0 aliphatic heterocycles. The van der Waals surface area contributed by atoms with Gasteiger partial charge < -0.3 is 0 Å². The van der Waals surface area contributed by atoms with Crippen LogP contribution < -0.4 is 4.72 Å². The van der Waals surface area contributed by atoms with E-state index in [4.69, 9.17) is 0 Å². The van der Waals surface area contributed by atoms with Crippen LogP contribution in [0.5, 0.6) is 0 Å². The van der Waals surface area contributed by atoms with Gasteiger partial charge >= 0.3 is 0 Å². The second-order valence-corrected chi connectivity index (χ2v) is 7.07. The first kappa shape index (κ1) is 13.2. The molecular formula is C14H17N3O2S. The van der Waals surface area contributed by atoms with E-state index in [1.165, 1.54) is 0 Å². The number of hydrogen-bond acceptors (Lipinski definition) is 3. The van der Waals surface area contributed by atoms with Crippen molar-refractivity contribution in [1.29, 1.82) is 0 Å². The standard InChI is InChI=1S/C14H17N3O2S/c18-20(19,13-6-1-2-7-13)17-12-5-3-4-11(10-12)14-8-9-15-16-14/h3-5,8-10,13,17H,1-2,6-7H2,(H,15,16). The summed E-state index contributed by atoms with van der Waals surface area (Å²) in [5.41, 5.74) is 2.38. The first-order valence-electron chi connectivity index (χ1n) is 6.76. The van der Waals surface area contributed by atoms with Crippen LogP contribution in [0.3, 0.4) is 0 Å². The van der Waals surface area contributed by atoms with Crippen molar-refractivity contribution < 1.29 is 8.42 Å². The van der Waals surface area contributed by atoms with E-state index in [0.29, 0.717) is 5.69 Å². The summed E-state index contributed by atoms with van der Waals surface area (Å²) in [7, 11) is -3.27. The first-order chi connectivity index (χ1) is 9.65. The van der Waals surface area contributed by atoms with Gasteiger partial charge in [-0.2, -0.15) is 5.10 Å². The molecule has 1 fully saturated rings. The molecule has 2 N–H and O–H groups in total. The van der Waals surface area contributed by atoms with Crippen molar-refractivity contribution in [2.45, 2.75) is 30.9 Å². The Bertz CT molecular complexity index is 674. The van der Waals surface area contributed by atoms with Crippen LogP contribution in [-0.2, 0) is 10.0 Å². The average molecular weight is 291 g/mol. The molecule has 0 atom stereocenters. The molecule has 0 amide bonds. The summed E-state index contributed by atoms with van der Waals surface area (Å²) in [5, 5.41) is 6.52. The molecule has 0 bridgehead atoms. The molecule has 1 saturated carbocycles. The fraction of sp³-hybridized carbons (Fsp3) is 0.357. The predicted octanol–water partition coefficient (Wildman–Crippen LogP) is 2.76. The quantitative estimate of drug-likeness (QED) is 0.909. The number of aromatic nitrogens is 2. The first-order valence-corrected chi connectivity index (χ1v) is 8.31. The zero-order valence-corrected chi connectivity index (χ0v) is 11.9. The zero-order valence-electron chi connectivity index (χ0n) is 11.0. The van der Waals surface area contributed by atoms with Crippen LogP contribution in [-0.4, -0.2) is 23.9 Å². The third kappa shape index (κ3) is 2.70. The van der Waals surface area contributed by atoms with Crippen LogP contribution >= 0.6 is 0 Å². The Morgan fingerprint density at radius 1 is 1.20 bits per heavy atom. The van der Waals surface area contributed by atoms with Crippen LogP contribution in [0.1, 0.15) is 25.7 Å². The van der Waals surface area contributed by atoms with Gasteiger partial charge in [-0.05, 0) is 31.0 Å². The minimum Gasteiger partial charge on any atom is -0.283 e. The molecule has 0 unspecified atom stereocenters. The van der Waals surface area contributed by atoms with E-state index in [1.54, 1.807) is 12.3 Å². The lowest BCUT2D eigenvalue weighted by atomic mass is 10.1. The van der Waals surface area contributed by atoms with Gasteiger partial charge in [-0.15, -0.1) is 0 Å². The molecule has 3 rings (SSSR count). The van der Waals surface area contributed by atoms with E-state index in [9.17, 15) is 8.42 Å². The van der Waals surface area contributed by atoms with Gasteiger partial charge in [0.2, 0.25) is 10.0 Å². The van der Waals surface area contributed by atoms with Gasteiger partial charge in [0.15, 0.2) is 0 Å². The Labute approximate surface area is 118 Å². The van der Waals surface area contributed by atoms with Crippen molar-refractivity contribution in [2.24, 2.45) is 0 Å². The molecule has 1 aromatic heterocycles. The van der Waals surface area contributed by atoms with E-state index in [-0.39, 0.29) is 5.25 Å². The third-order valence-electron chi connectivity index (χ3n) is 3.68. The highest BCUT2D eigenvalue weighted by Crippen LogP contribution is 2.27. The number of aromatic amines is 1. The molecule has 1 aromatic carbocycles. The average Bonchev–Trinajstić information content (AvgIpc) is 3.12. The van der Waals surface area contributed by atoms with Crippen molar-refractivity contribution in [3.63, 3.8) is 0 Å². The molecule has 1 heterocycles. The highest BCUT2D eigenvalue weighted by atomic mass is 32.2. The lowest BCUT2D eigenvalue weighted by molar-refractivity contribution is 0.585. The fourth-order valence-corrected chi connectivity index (χ4v) is 4.19. The summed E-state index contributed by atoms with van der Waals surface area (Å²) in [6, 6.07) is 9.19. The van der Waals surface area contributed by atoms with Crippen molar-refractivity contribution in [3.8, 4) is 11.3 Å². The number of rotatable bonds is 4. The zero-order chi connectivity index (χ0) is 14.0. The Morgan fingerprint density at radius 2 is 2.00 bits per heavy atom. The number of benzene rings is 1. The van der Waals surface area contributed by atoms with Crippen molar-refractivity contribution in [3.05, 3.63) is 36.5 Å². The SMILES string of the molecule is O=S(=O)(Nc1cccc(-c2ccn[nH]2)c1)C1CCCC1. The topological polar surface area (TPSA) is 74.8 Å². The minimum absolute atomic E-state index is 0.252. The molecule has 20 heavy (non-hydrogen) atoms. The van der Waals surface area contributed by atoms with Gasteiger partial charge in [0, 0.05) is 17.4 Å². The molecule has 106 valence electrons. The number of nitrogens with zero attached hydrogens (tertiary/aromatic N) is 1. The smallest absolute Gasteiger partial charge is 0.235 e. The summed E-state index contributed by atoms with van der Waals surface area (Å²) in [5.74, 6) is 0. The monoisotopic (exact) mass is 291 g/mol. The highest BCUT2D eigenvalue weighted by molar-refractivity contribution is 7.93. The van der Waals surface area contributed by atoms with E-state index in [2.05, 4.69) is 14.9 Å². The van der Waals surface area contributed by atoms with Gasteiger partial charge in [-0.1, -0.05) is 25.0 Å².